The van der Waals surface area contributed by atoms with Crippen LogP contribution >= 0.6 is 0 Å². The highest BCUT2D eigenvalue weighted by Crippen LogP contribution is 2.33. The van der Waals surface area contributed by atoms with Gasteiger partial charge >= 0.3 is 6.18 Å². The third-order valence-electron chi connectivity index (χ3n) is 2.47. The first kappa shape index (κ1) is 14.0. The van der Waals surface area contributed by atoms with Crippen LogP contribution in [0.15, 0.2) is 24.3 Å². The van der Waals surface area contributed by atoms with Crippen molar-refractivity contribution in [1.29, 1.82) is 0 Å². The molecule has 0 bridgehead atoms. The molecule has 96 valence electrons. The summed E-state index contributed by atoms with van der Waals surface area (Å²) in [6, 6.07) is 4.88. The second kappa shape index (κ2) is 4.69. The van der Waals surface area contributed by atoms with Crippen molar-refractivity contribution >= 4 is 0 Å². The number of nitrogens with two attached hydrogens (primary N) is 1. The molecule has 1 aromatic rings. The van der Waals surface area contributed by atoms with Crippen molar-refractivity contribution in [1.82, 2.24) is 0 Å². The molecule has 0 fully saturated rings. The summed E-state index contributed by atoms with van der Waals surface area (Å²) < 4.78 is 37.6. The predicted molar refractivity (Wildman–Crippen MR) is 62.4 cm³/mol. The Labute approximate surface area is 99.8 Å². The van der Waals surface area contributed by atoms with Gasteiger partial charge in [-0.2, -0.15) is 13.2 Å². The van der Waals surface area contributed by atoms with E-state index in [1.165, 1.54) is 6.07 Å². The molecule has 1 atom stereocenters. The maximum Gasteiger partial charge on any atom is 0.416 e. The number of halogens is 3. The van der Waals surface area contributed by atoms with E-state index in [1.54, 1.807) is 6.07 Å². The quantitative estimate of drug-likeness (QED) is 0.832. The van der Waals surface area contributed by atoms with E-state index in [4.69, 9.17) is 5.73 Å². The minimum Gasteiger partial charge on any atom is -0.324 e. The SMILES string of the molecule is CC(C)(C)CC(N)c1cccc(C(F)(F)F)c1. The Morgan fingerprint density at radius 2 is 1.76 bits per heavy atom. The van der Waals surface area contributed by atoms with Gasteiger partial charge in [-0.3, -0.25) is 0 Å². The summed E-state index contributed by atoms with van der Waals surface area (Å²) in [5.74, 6) is 0. The Morgan fingerprint density at radius 3 is 2.24 bits per heavy atom. The van der Waals surface area contributed by atoms with E-state index in [0.717, 1.165) is 12.1 Å². The van der Waals surface area contributed by atoms with Crippen molar-refractivity contribution in [3.63, 3.8) is 0 Å². The average Bonchev–Trinajstić information content (AvgIpc) is 2.14. The molecule has 0 aliphatic heterocycles. The predicted octanol–water partition coefficient (Wildman–Crippen LogP) is 4.14. The summed E-state index contributed by atoms with van der Waals surface area (Å²) in [5.41, 5.74) is 5.82. The lowest BCUT2D eigenvalue weighted by Crippen LogP contribution is -2.19. The summed E-state index contributed by atoms with van der Waals surface area (Å²) in [6.45, 7) is 6.04. The summed E-state index contributed by atoms with van der Waals surface area (Å²) in [6.07, 6.45) is -3.66. The normalized spacial score (nSPS) is 14.8. The Balaban J connectivity index is 2.92. The molecule has 1 unspecified atom stereocenters. The molecule has 0 radical (unpaired) electrons. The average molecular weight is 245 g/mol. The molecule has 1 nitrogen and oxygen atoms in total. The van der Waals surface area contributed by atoms with Crippen LogP contribution in [0.3, 0.4) is 0 Å². The van der Waals surface area contributed by atoms with Gasteiger partial charge in [-0.1, -0.05) is 32.9 Å². The second-order valence-corrected chi connectivity index (χ2v) is 5.49. The van der Waals surface area contributed by atoms with E-state index in [9.17, 15) is 13.2 Å². The van der Waals surface area contributed by atoms with Crippen LogP contribution in [-0.4, -0.2) is 0 Å². The lowest BCUT2D eigenvalue weighted by atomic mass is 9.85. The fourth-order valence-corrected chi connectivity index (χ4v) is 1.72. The molecular weight excluding hydrogens is 227 g/mol. The molecule has 1 aromatic carbocycles. The van der Waals surface area contributed by atoms with Gasteiger partial charge in [-0.15, -0.1) is 0 Å². The van der Waals surface area contributed by atoms with Crippen LogP contribution in [0.1, 0.15) is 44.4 Å². The van der Waals surface area contributed by atoms with Gasteiger partial charge in [-0.25, -0.2) is 0 Å². The minimum absolute atomic E-state index is 0.00630. The molecule has 17 heavy (non-hydrogen) atoms. The van der Waals surface area contributed by atoms with Crippen LogP contribution in [0.2, 0.25) is 0 Å². The van der Waals surface area contributed by atoms with Gasteiger partial charge in [0.2, 0.25) is 0 Å². The topological polar surface area (TPSA) is 26.0 Å². The summed E-state index contributed by atoms with van der Waals surface area (Å²) in [5, 5.41) is 0. The molecule has 1 rings (SSSR count). The monoisotopic (exact) mass is 245 g/mol. The molecule has 0 aromatic heterocycles. The molecule has 2 N–H and O–H groups in total. The lowest BCUT2D eigenvalue weighted by Gasteiger charge is -2.23. The van der Waals surface area contributed by atoms with Gasteiger partial charge in [0.15, 0.2) is 0 Å². The standard InChI is InChI=1S/C13H18F3N/c1-12(2,3)8-11(17)9-5-4-6-10(7-9)13(14,15)16/h4-7,11H,8,17H2,1-3H3. The van der Waals surface area contributed by atoms with Crippen LogP contribution in [0.5, 0.6) is 0 Å². The molecule has 4 heteroatoms. The van der Waals surface area contributed by atoms with Crippen LogP contribution in [-0.2, 0) is 6.18 Å². The second-order valence-electron chi connectivity index (χ2n) is 5.49. The highest BCUT2D eigenvalue weighted by molar-refractivity contribution is 5.27. The molecule has 0 saturated carbocycles. The molecule has 0 heterocycles. The van der Waals surface area contributed by atoms with E-state index in [2.05, 4.69) is 0 Å². The van der Waals surface area contributed by atoms with Gasteiger partial charge in [0.25, 0.3) is 0 Å². The number of hydrogen-bond acceptors (Lipinski definition) is 1. The van der Waals surface area contributed by atoms with Crippen molar-refractivity contribution in [3.05, 3.63) is 35.4 Å². The van der Waals surface area contributed by atoms with E-state index in [-0.39, 0.29) is 11.5 Å². The van der Waals surface area contributed by atoms with Gasteiger partial charge in [-0.05, 0) is 29.5 Å². The minimum atomic E-state index is -4.31. The molecule has 0 spiro atoms. The molecule has 0 saturated heterocycles. The Morgan fingerprint density at radius 1 is 1.18 bits per heavy atom. The zero-order chi connectivity index (χ0) is 13.3. The third-order valence-corrected chi connectivity index (χ3v) is 2.47. The zero-order valence-electron chi connectivity index (χ0n) is 10.3. The maximum atomic E-state index is 12.5. The van der Waals surface area contributed by atoms with Gasteiger partial charge in [0.05, 0.1) is 5.56 Å². The van der Waals surface area contributed by atoms with Gasteiger partial charge < -0.3 is 5.73 Å². The van der Waals surface area contributed by atoms with Gasteiger partial charge in [0, 0.05) is 6.04 Å². The fraction of sp³-hybridized carbons (Fsp3) is 0.538. The van der Waals surface area contributed by atoms with Gasteiger partial charge in [0.1, 0.15) is 0 Å². The number of hydrogen-bond donors (Lipinski definition) is 1. The largest absolute Gasteiger partial charge is 0.416 e. The highest BCUT2D eigenvalue weighted by Gasteiger charge is 2.31. The van der Waals surface area contributed by atoms with Crippen molar-refractivity contribution < 1.29 is 13.2 Å². The molecule has 0 aliphatic rings. The first-order valence-electron chi connectivity index (χ1n) is 5.52. The number of alkyl halides is 3. The first-order valence-corrected chi connectivity index (χ1v) is 5.52. The Hall–Kier alpha value is -1.03. The summed E-state index contributed by atoms with van der Waals surface area (Å²) >= 11 is 0. The van der Waals surface area contributed by atoms with Crippen LogP contribution in [0.25, 0.3) is 0 Å². The zero-order valence-corrected chi connectivity index (χ0v) is 10.3. The smallest absolute Gasteiger partial charge is 0.324 e. The first-order chi connectivity index (χ1) is 7.59. The van der Waals surface area contributed by atoms with E-state index in [1.807, 2.05) is 20.8 Å². The van der Waals surface area contributed by atoms with Crippen molar-refractivity contribution in [2.75, 3.05) is 0 Å². The highest BCUT2D eigenvalue weighted by atomic mass is 19.4. The van der Waals surface area contributed by atoms with Crippen molar-refractivity contribution in [2.24, 2.45) is 11.1 Å². The molecule has 0 amide bonds. The van der Waals surface area contributed by atoms with E-state index >= 15 is 0 Å². The van der Waals surface area contributed by atoms with E-state index in [0.29, 0.717) is 12.0 Å². The molecule has 0 aliphatic carbocycles. The van der Waals surface area contributed by atoms with Crippen molar-refractivity contribution in [3.8, 4) is 0 Å². The summed E-state index contributed by atoms with van der Waals surface area (Å²) in [7, 11) is 0. The number of benzene rings is 1. The number of rotatable bonds is 2. The fourth-order valence-electron chi connectivity index (χ4n) is 1.72. The molecular formula is C13H18F3N. The van der Waals surface area contributed by atoms with E-state index < -0.39 is 11.7 Å². The van der Waals surface area contributed by atoms with Crippen LogP contribution < -0.4 is 5.73 Å². The van der Waals surface area contributed by atoms with Crippen molar-refractivity contribution in [2.45, 2.75) is 39.4 Å². The Bertz CT molecular complexity index is 377. The lowest BCUT2D eigenvalue weighted by molar-refractivity contribution is -0.137. The maximum absolute atomic E-state index is 12.5. The van der Waals surface area contributed by atoms with Crippen LogP contribution in [0, 0.1) is 5.41 Å². The van der Waals surface area contributed by atoms with Crippen LogP contribution in [0.4, 0.5) is 13.2 Å². The Kier molecular flexibility index (Phi) is 3.87. The third kappa shape index (κ3) is 4.38. The summed E-state index contributed by atoms with van der Waals surface area (Å²) in [4.78, 5) is 0.